The number of rotatable bonds is 12. The molecule has 56 heavy (non-hydrogen) atoms. The van der Waals surface area contributed by atoms with E-state index in [1.54, 1.807) is 38.1 Å². The van der Waals surface area contributed by atoms with Crippen molar-refractivity contribution in [3.05, 3.63) is 144 Å². The zero-order chi connectivity index (χ0) is 39.9. The van der Waals surface area contributed by atoms with E-state index in [2.05, 4.69) is 41.3 Å². The second-order valence-electron chi connectivity index (χ2n) is 13.0. The minimum absolute atomic E-state index is 0.00245. The molecular weight excluding hydrogens is 729 g/mol. The molecule has 0 radical (unpaired) electrons. The van der Waals surface area contributed by atoms with Crippen molar-refractivity contribution in [2.24, 2.45) is 0 Å². The number of amides is 7. The Balaban J connectivity index is 1.29. The summed E-state index contributed by atoms with van der Waals surface area (Å²) in [5.41, 5.74) is 1.09. The number of halogens is 3. The average molecular weight is 767 g/mol. The Morgan fingerprint density at radius 2 is 1.20 bits per heavy atom. The number of anilines is 3. The van der Waals surface area contributed by atoms with Crippen LogP contribution in [0.3, 0.4) is 0 Å². The molecule has 1 fully saturated rings. The molecule has 1 aliphatic rings. The third-order valence-corrected chi connectivity index (χ3v) is 9.41. The molecule has 2 aromatic heterocycles. The SMILES string of the molecule is CC(c1ccnc(NC(=O)NCc2ccccc2)c1)C1(C(C)c2ccnc(NC(=O)NCc3ccccc3)c2)NC(=O)N(c2ccc(OC(F)(F)F)cc2)C1=O. The topological polar surface area (TPSA) is 167 Å². The molecule has 288 valence electrons. The van der Waals surface area contributed by atoms with Crippen LogP contribution in [0.4, 0.5) is 44.9 Å². The molecule has 0 aliphatic carbocycles. The fourth-order valence-electron chi connectivity index (χ4n) is 6.53. The van der Waals surface area contributed by atoms with Crippen LogP contribution in [0.5, 0.6) is 5.75 Å². The van der Waals surface area contributed by atoms with Crippen LogP contribution in [0.1, 0.15) is 47.9 Å². The maximum Gasteiger partial charge on any atom is 0.573 e. The molecule has 1 aliphatic heterocycles. The van der Waals surface area contributed by atoms with Gasteiger partial charge in [0.05, 0.1) is 5.69 Å². The number of benzene rings is 3. The van der Waals surface area contributed by atoms with E-state index < -0.39 is 53.5 Å². The largest absolute Gasteiger partial charge is 0.573 e. The Morgan fingerprint density at radius 3 is 1.64 bits per heavy atom. The number of urea groups is 3. The molecule has 13 nitrogen and oxygen atoms in total. The second kappa shape index (κ2) is 16.6. The van der Waals surface area contributed by atoms with Gasteiger partial charge in [-0.1, -0.05) is 74.5 Å². The maximum atomic E-state index is 14.8. The standard InChI is InChI=1S/C40H37F3N8O5/c1-25(29-17-19-44-33(21-29)48-36(53)46-23-27-9-5-3-6-10-27)39(35(52)51(38(55)50-39)31-13-15-32(16-14-31)56-40(41,42)43)26(2)30-18-20-45-34(22-30)49-37(54)47-24-28-11-7-4-8-12-28/h3-22,25-26H,23-24H2,1-2H3,(H,50,55)(H2,44,46,48,53)(H2,45,47,49,54). The van der Waals surface area contributed by atoms with Crippen molar-refractivity contribution in [2.75, 3.05) is 15.5 Å². The Kier molecular flexibility index (Phi) is 11.5. The highest BCUT2D eigenvalue weighted by Crippen LogP contribution is 2.45. The molecule has 0 bridgehead atoms. The van der Waals surface area contributed by atoms with Gasteiger partial charge in [-0.2, -0.15) is 0 Å². The summed E-state index contributed by atoms with van der Waals surface area (Å²) >= 11 is 0. The molecule has 16 heteroatoms. The van der Waals surface area contributed by atoms with Gasteiger partial charge in [-0.3, -0.25) is 15.4 Å². The zero-order valence-electron chi connectivity index (χ0n) is 30.1. The molecule has 7 amide bonds. The van der Waals surface area contributed by atoms with Crippen LogP contribution < -0.4 is 36.2 Å². The smallest absolute Gasteiger partial charge is 0.406 e. The minimum Gasteiger partial charge on any atom is -0.406 e. The third kappa shape index (κ3) is 9.03. The van der Waals surface area contributed by atoms with E-state index in [9.17, 15) is 32.3 Å². The summed E-state index contributed by atoms with van der Waals surface area (Å²) in [4.78, 5) is 63.6. The van der Waals surface area contributed by atoms with Gasteiger partial charge >= 0.3 is 24.5 Å². The molecule has 3 heterocycles. The predicted octanol–water partition coefficient (Wildman–Crippen LogP) is 7.42. The fraction of sp³-hybridized carbons (Fsp3) is 0.200. The number of pyridine rings is 2. The van der Waals surface area contributed by atoms with Gasteiger partial charge in [0, 0.05) is 37.3 Å². The van der Waals surface area contributed by atoms with Crippen LogP contribution in [-0.4, -0.2) is 45.9 Å². The summed E-state index contributed by atoms with van der Waals surface area (Å²) in [7, 11) is 0. The van der Waals surface area contributed by atoms with E-state index in [4.69, 9.17) is 0 Å². The lowest BCUT2D eigenvalue weighted by molar-refractivity contribution is -0.274. The number of nitrogens with one attached hydrogen (secondary N) is 5. The summed E-state index contributed by atoms with van der Waals surface area (Å²) in [5, 5.41) is 13.8. The number of hydrogen-bond acceptors (Lipinski definition) is 7. The predicted molar refractivity (Wildman–Crippen MR) is 202 cm³/mol. The lowest BCUT2D eigenvalue weighted by Gasteiger charge is -2.39. The van der Waals surface area contributed by atoms with Gasteiger partial charge in [0.15, 0.2) is 0 Å². The van der Waals surface area contributed by atoms with Gasteiger partial charge < -0.3 is 20.7 Å². The number of nitrogens with zero attached hydrogens (tertiary/aromatic N) is 3. The summed E-state index contributed by atoms with van der Waals surface area (Å²) in [6.07, 6.45) is -2.03. The van der Waals surface area contributed by atoms with E-state index >= 15 is 0 Å². The van der Waals surface area contributed by atoms with Crippen LogP contribution >= 0.6 is 0 Å². The fourth-order valence-corrected chi connectivity index (χ4v) is 6.53. The molecule has 3 aromatic carbocycles. The van der Waals surface area contributed by atoms with E-state index in [1.165, 1.54) is 24.5 Å². The van der Waals surface area contributed by atoms with Crippen LogP contribution in [0.15, 0.2) is 122 Å². The summed E-state index contributed by atoms with van der Waals surface area (Å²) < 4.78 is 42.6. The average Bonchev–Trinajstić information content (AvgIpc) is 3.46. The van der Waals surface area contributed by atoms with Crippen molar-refractivity contribution in [1.29, 1.82) is 0 Å². The number of aromatic nitrogens is 2. The van der Waals surface area contributed by atoms with Crippen LogP contribution in [0.25, 0.3) is 0 Å². The van der Waals surface area contributed by atoms with Crippen molar-refractivity contribution in [3.8, 4) is 5.75 Å². The third-order valence-electron chi connectivity index (χ3n) is 9.41. The number of ether oxygens (including phenoxy) is 1. The lowest BCUT2D eigenvalue weighted by Crippen LogP contribution is -2.55. The van der Waals surface area contributed by atoms with Gasteiger partial charge in [0.1, 0.15) is 22.9 Å². The Bertz CT molecular complexity index is 2080. The summed E-state index contributed by atoms with van der Waals surface area (Å²) in [6, 6.07) is 27.6. The first-order chi connectivity index (χ1) is 26.8. The molecular formula is C40H37F3N8O5. The van der Waals surface area contributed by atoms with Gasteiger partial charge in [0.2, 0.25) is 0 Å². The first-order valence-corrected chi connectivity index (χ1v) is 17.4. The van der Waals surface area contributed by atoms with Crippen molar-refractivity contribution in [3.63, 3.8) is 0 Å². The Labute approximate surface area is 319 Å². The number of carbonyl (C=O) groups excluding carboxylic acids is 4. The first-order valence-electron chi connectivity index (χ1n) is 17.4. The van der Waals surface area contributed by atoms with Gasteiger partial charge in [-0.05, 0) is 70.8 Å². The monoisotopic (exact) mass is 766 g/mol. The van der Waals surface area contributed by atoms with Crippen LogP contribution in [0.2, 0.25) is 0 Å². The molecule has 2 unspecified atom stereocenters. The molecule has 6 rings (SSSR count). The molecule has 1 saturated heterocycles. The lowest BCUT2D eigenvalue weighted by atomic mass is 9.70. The van der Waals surface area contributed by atoms with E-state index in [0.717, 1.165) is 28.2 Å². The quantitative estimate of drug-likeness (QED) is 0.0824. The van der Waals surface area contributed by atoms with E-state index in [0.29, 0.717) is 11.1 Å². The number of imide groups is 1. The molecule has 2 atom stereocenters. The van der Waals surface area contributed by atoms with Gasteiger partial charge in [0.25, 0.3) is 5.91 Å². The van der Waals surface area contributed by atoms with Crippen LogP contribution in [-0.2, 0) is 17.9 Å². The zero-order valence-corrected chi connectivity index (χ0v) is 30.1. The van der Waals surface area contributed by atoms with Crippen molar-refractivity contribution in [2.45, 2.75) is 50.7 Å². The van der Waals surface area contributed by atoms with E-state index in [-0.39, 0.29) is 30.4 Å². The number of carbonyl (C=O) groups is 4. The molecule has 0 spiro atoms. The van der Waals surface area contributed by atoms with E-state index in [1.807, 2.05) is 60.7 Å². The highest BCUT2D eigenvalue weighted by atomic mass is 19.4. The highest BCUT2D eigenvalue weighted by molar-refractivity contribution is 6.24. The summed E-state index contributed by atoms with van der Waals surface area (Å²) in [5.74, 6) is -2.49. The number of alkyl halides is 3. The second-order valence-corrected chi connectivity index (χ2v) is 13.0. The Morgan fingerprint density at radius 1 is 0.732 bits per heavy atom. The number of hydrogen-bond donors (Lipinski definition) is 5. The normalized spacial score (nSPS) is 16.3. The van der Waals surface area contributed by atoms with Crippen molar-refractivity contribution < 1.29 is 37.1 Å². The van der Waals surface area contributed by atoms with Crippen LogP contribution in [0, 0.1) is 0 Å². The highest BCUT2D eigenvalue weighted by Gasteiger charge is 2.58. The Hall–Kier alpha value is -6.97. The first kappa shape index (κ1) is 38.7. The molecule has 0 saturated carbocycles. The minimum atomic E-state index is -4.94. The van der Waals surface area contributed by atoms with Crippen molar-refractivity contribution in [1.82, 2.24) is 25.9 Å². The maximum absolute atomic E-state index is 14.8. The molecule has 5 N–H and O–H groups in total. The van der Waals surface area contributed by atoms with Gasteiger partial charge in [-0.25, -0.2) is 29.3 Å². The van der Waals surface area contributed by atoms with Gasteiger partial charge in [-0.15, -0.1) is 13.2 Å². The molecule has 5 aromatic rings. The summed E-state index contributed by atoms with van der Waals surface area (Å²) in [6.45, 7) is 3.98. The van der Waals surface area contributed by atoms with Crippen molar-refractivity contribution >= 4 is 41.3 Å².